The molecule has 52 valence electrons. The van der Waals surface area contributed by atoms with Gasteiger partial charge in [0.05, 0.1) is 5.69 Å². The molecule has 0 bridgehead atoms. The van der Waals surface area contributed by atoms with Crippen molar-refractivity contribution < 1.29 is 0 Å². The minimum Gasteiger partial charge on any atom is -0.369 e. The zero-order valence-electron chi connectivity index (χ0n) is 5.29. The highest BCUT2D eigenvalue weighted by Crippen LogP contribution is 2.20. The van der Waals surface area contributed by atoms with Crippen LogP contribution in [-0.2, 0) is 0 Å². The van der Waals surface area contributed by atoms with Crippen molar-refractivity contribution in [2.45, 2.75) is 5.50 Å². The molecule has 0 radical (unpaired) electrons. The summed E-state index contributed by atoms with van der Waals surface area (Å²) in [7, 11) is 0. The highest BCUT2D eigenvalue weighted by atomic mass is 35.5. The fraction of sp³-hybridized carbons (Fsp3) is 0.143. The maximum absolute atomic E-state index is 5.91. The molecule has 0 fully saturated rings. The van der Waals surface area contributed by atoms with Gasteiger partial charge in [-0.15, -0.1) is 0 Å². The van der Waals surface area contributed by atoms with Crippen molar-refractivity contribution in [3.8, 4) is 0 Å². The van der Waals surface area contributed by atoms with E-state index in [9.17, 15) is 0 Å². The van der Waals surface area contributed by atoms with E-state index in [-0.39, 0.29) is 5.50 Å². The van der Waals surface area contributed by atoms with E-state index in [1.807, 2.05) is 35.3 Å². The normalized spacial score (nSPS) is 21.9. The van der Waals surface area contributed by atoms with Gasteiger partial charge in [0.15, 0.2) is 0 Å². The van der Waals surface area contributed by atoms with Crippen LogP contribution < -0.4 is 5.32 Å². The van der Waals surface area contributed by atoms with E-state index in [4.69, 9.17) is 11.6 Å². The number of hydrogen-bond donors (Lipinski definition) is 1. The van der Waals surface area contributed by atoms with Gasteiger partial charge >= 0.3 is 0 Å². The second-order valence-electron chi connectivity index (χ2n) is 2.19. The van der Waals surface area contributed by atoms with Crippen LogP contribution in [0.2, 0.25) is 0 Å². The monoisotopic (exact) mass is 154 g/mol. The van der Waals surface area contributed by atoms with Gasteiger partial charge in [0.25, 0.3) is 0 Å². The van der Waals surface area contributed by atoms with Crippen molar-refractivity contribution in [3.05, 3.63) is 30.2 Å². The Morgan fingerprint density at radius 1 is 1.60 bits per heavy atom. The number of alkyl halides is 1. The predicted octanol–water partition coefficient (Wildman–Crippen LogP) is 1.76. The van der Waals surface area contributed by atoms with Crippen LogP contribution >= 0.6 is 11.6 Å². The third kappa shape index (κ3) is 0.727. The fourth-order valence-corrected chi connectivity index (χ4v) is 1.31. The Morgan fingerprint density at radius 2 is 2.50 bits per heavy atom. The summed E-state index contributed by atoms with van der Waals surface area (Å²) in [5, 5.41) is 2.99. The van der Waals surface area contributed by atoms with E-state index in [2.05, 4.69) is 5.32 Å². The maximum Gasteiger partial charge on any atom is 0.142 e. The molecule has 2 nitrogen and oxygen atoms in total. The van der Waals surface area contributed by atoms with Crippen LogP contribution in [0.25, 0.3) is 6.20 Å². The Morgan fingerprint density at radius 3 is 3.30 bits per heavy atom. The number of halogens is 1. The average Bonchev–Trinajstić information content (AvgIpc) is 2.36. The molecule has 0 amide bonds. The molecule has 2 heterocycles. The number of nitrogens with one attached hydrogen (secondary N) is 1. The van der Waals surface area contributed by atoms with Crippen LogP contribution in [0.5, 0.6) is 0 Å². The summed E-state index contributed by atoms with van der Waals surface area (Å²) in [6, 6.07) is 3.97. The summed E-state index contributed by atoms with van der Waals surface area (Å²) >= 11 is 5.91. The molecule has 1 N–H and O–H groups in total. The van der Waals surface area contributed by atoms with Crippen LogP contribution in [0.4, 0.5) is 0 Å². The predicted molar refractivity (Wildman–Crippen MR) is 41.5 cm³/mol. The van der Waals surface area contributed by atoms with Gasteiger partial charge in [-0.05, 0) is 12.1 Å². The zero-order valence-corrected chi connectivity index (χ0v) is 6.05. The SMILES string of the molecule is Cl[C@H]1NC=Cn2cccc21. The summed E-state index contributed by atoms with van der Waals surface area (Å²) in [5.74, 6) is 0. The first-order valence-corrected chi connectivity index (χ1v) is 3.55. The quantitative estimate of drug-likeness (QED) is 0.445. The molecule has 0 saturated carbocycles. The molecule has 0 aliphatic carbocycles. The first-order valence-electron chi connectivity index (χ1n) is 3.11. The standard InChI is InChI=1S/C7H7ClN2/c8-7-6-2-1-4-10(6)5-3-9-7/h1-5,7,9H/t7-/m0/s1. The van der Waals surface area contributed by atoms with Crippen molar-refractivity contribution in [1.82, 2.24) is 9.88 Å². The molecule has 10 heavy (non-hydrogen) atoms. The van der Waals surface area contributed by atoms with Gasteiger partial charge in [-0.25, -0.2) is 0 Å². The third-order valence-electron chi connectivity index (χ3n) is 1.55. The minimum atomic E-state index is -0.0833. The second kappa shape index (κ2) is 2.06. The van der Waals surface area contributed by atoms with Crippen LogP contribution in [0.1, 0.15) is 11.2 Å². The number of hydrogen-bond acceptors (Lipinski definition) is 1. The van der Waals surface area contributed by atoms with Crippen molar-refractivity contribution in [2.75, 3.05) is 0 Å². The Labute approximate surface area is 64.1 Å². The smallest absolute Gasteiger partial charge is 0.142 e. The Kier molecular flexibility index (Phi) is 1.21. The van der Waals surface area contributed by atoms with E-state index < -0.39 is 0 Å². The molecule has 0 spiro atoms. The lowest BCUT2D eigenvalue weighted by Gasteiger charge is -2.15. The number of fused-ring (bicyclic) bond motifs is 1. The van der Waals surface area contributed by atoms with Crippen molar-refractivity contribution in [3.63, 3.8) is 0 Å². The van der Waals surface area contributed by atoms with Gasteiger partial charge in [-0.3, -0.25) is 0 Å². The first kappa shape index (κ1) is 5.86. The van der Waals surface area contributed by atoms with E-state index in [0.717, 1.165) is 5.69 Å². The number of nitrogens with zero attached hydrogens (tertiary/aromatic N) is 1. The fourth-order valence-electron chi connectivity index (χ4n) is 1.05. The lowest BCUT2D eigenvalue weighted by molar-refractivity contribution is 0.758. The van der Waals surface area contributed by atoms with E-state index in [0.29, 0.717) is 0 Å². The van der Waals surface area contributed by atoms with Gasteiger partial charge in [0, 0.05) is 18.6 Å². The Bertz CT molecular complexity index is 264. The van der Waals surface area contributed by atoms with Crippen LogP contribution in [0.3, 0.4) is 0 Å². The molecule has 3 heteroatoms. The largest absolute Gasteiger partial charge is 0.369 e. The summed E-state index contributed by atoms with van der Waals surface area (Å²) < 4.78 is 1.99. The molecule has 1 aliphatic heterocycles. The molecule has 1 aromatic heterocycles. The molecule has 2 rings (SSSR count). The van der Waals surface area contributed by atoms with Gasteiger partial charge < -0.3 is 9.88 Å². The molecular formula is C7H7ClN2. The summed E-state index contributed by atoms with van der Waals surface area (Å²) in [6.07, 6.45) is 5.75. The molecule has 1 atom stereocenters. The molecular weight excluding hydrogens is 148 g/mol. The van der Waals surface area contributed by atoms with E-state index >= 15 is 0 Å². The van der Waals surface area contributed by atoms with Crippen molar-refractivity contribution >= 4 is 17.8 Å². The van der Waals surface area contributed by atoms with Gasteiger partial charge in [0.1, 0.15) is 5.50 Å². The third-order valence-corrected chi connectivity index (χ3v) is 1.90. The summed E-state index contributed by atoms with van der Waals surface area (Å²) in [5.41, 5.74) is 1.00. The second-order valence-corrected chi connectivity index (χ2v) is 2.62. The first-order chi connectivity index (χ1) is 4.88. The topological polar surface area (TPSA) is 17.0 Å². The average molecular weight is 155 g/mol. The minimum absolute atomic E-state index is 0.0833. The van der Waals surface area contributed by atoms with Crippen LogP contribution in [-0.4, -0.2) is 4.57 Å². The van der Waals surface area contributed by atoms with Gasteiger partial charge in [0.2, 0.25) is 0 Å². The summed E-state index contributed by atoms with van der Waals surface area (Å²) in [6.45, 7) is 0. The zero-order chi connectivity index (χ0) is 6.97. The lowest BCUT2D eigenvalue weighted by atomic mass is 10.4. The molecule has 1 aliphatic rings. The maximum atomic E-state index is 5.91. The number of aromatic nitrogens is 1. The van der Waals surface area contributed by atoms with Gasteiger partial charge in [-0.1, -0.05) is 11.6 Å². The Balaban J connectivity index is 2.52. The number of rotatable bonds is 0. The summed E-state index contributed by atoms with van der Waals surface area (Å²) in [4.78, 5) is 0. The lowest BCUT2D eigenvalue weighted by Crippen LogP contribution is -2.16. The van der Waals surface area contributed by atoms with E-state index in [1.165, 1.54) is 0 Å². The van der Waals surface area contributed by atoms with Crippen LogP contribution in [0, 0.1) is 0 Å². The van der Waals surface area contributed by atoms with Crippen LogP contribution in [0.15, 0.2) is 24.5 Å². The van der Waals surface area contributed by atoms with Crippen molar-refractivity contribution in [1.29, 1.82) is 0 Å². The molecule has 0 aromatic carbocycles. The molecule has 0 unspecified atom stereocenters. The molecule has 0 saturated heterocycles. The highest BCUT2D eigenvalue weighted by molar-refractivity contribution is 6.20. The highest BCUT2D eigenvalue weighted by Gasteiger charge is 2.11. The van der Waals surface area contributed by atoms with E-state index in [1.54, 1.807) is 0 Å². The van der Waals surface area contributed by atoms with Gasteiger partial charge in [-0.2, -0.15) is 0 Å². The molecule has 1 aromatic rings. The Hall–Kier alpha value is -0.890. The van der Waals surface area contributed by atoms with Crippen molar-refractivity contribution in [2.24, 2.45) is 0 Å².